The number of likely N-dealkylation sites (tertiary alicyclic amines) is 1. The zero-order valence-electron chi connectivity index (χ0n) is 15.0. The van der Waals surface area contributed by atoms with E-state index in [4.69, 9.17) is 11.6 Å². The van der Waals surface area contributed by atoms with Gasteiger partial charge in [0.1, 0.15) is 0 Å². The highest BCUT2D eigenvalue weighted by molar-refractivity contribution is 7.97. The Labute approximate surface area is 169 Å². The van der Waals surface area contributed by atoms with Gasteiger partial charge in [-0.3, -0.25) is 14.6 Å². The third kappa shape index (κ3) is 4.90. The first-order valence-corrected chi connectivity index (χ1v) is 10.4. The Balaban J connectivity index is 1.29. The molecule has 0 saturated carbocycles. The van der Waals surface area contributed by atoms with E-state index in [1.165, 1.54) is 16.7 Å². The lowest BCUT2D eigenvalue weighted by atomic mass is 10.0. The summed E-state index contributed by atoms with van der Waals surface area (Å²) in [5.41, 5.74) is 3.89. The number of nitrogens with one attached hydrogen (secondary N) is 1. The molecule has 1 aliphatic heterocycles. The smallest absolute Gasteiger partial charge is 0.0597 e. The van der Waals surface area contributed by atoms with E-state index in [1.54, 1.807) is 24.3 Å². The van der Waals surface area contributed by atoms with Gasteiger partial charge in [0.05, 0.1) is 9.92 Å². The topological polar surface area (TPSA) is 28.2 Å². The van der Waals surface area contributed by atoms with Crippen LogP contribution in [0.5, 0.6) is 0 Å². The Morgan fingerprint density at radius 1 is 1.04 bits per heavy atom. The van der Waals surface area contributed by atoms with Crippen molar-refractivity contribution in [3.8, 4) is 11.1 Å². The molecular formula is C22H22ClN3S. The predicted molar refractivity (Wildman–Crippen MR) is 114 cm³/mol. The van der Waals surface area contributed by atoms with Crippen molar-refractivity contribution in [2.75, 3.05) is 13.1 Å². The van der Waals surface area contributed by atoms with Crippen LogP contribution in [0.2, 0.25) is 5.02 Å². The molecule has 1 atom stereocenters. The summed E-state index contributed by atoms with van der Waals surface area (Å²) in [6.07, 6.45) is 4.67. The van der Waals surface area contributed by atoms with Gasteiger partial charge in [0.25, 0.3) is 0 Å². The zero-order chi connectivity index (χ0) is 18.5. The van der Waals surface area contributed by atoms with E-state index < -0.39 is 0 Å². The summed E-state index contributed by atoms with van der Waals surface area (Å²) in [4.78, 5) is 7.62. The lowest BCUT2D eigenvalue weighted by Gasteiger charge is -2.17. The van der Waals surface area contributed by atoms with Gasteiger partial charge >= 0.3 is 0 Å². The first kappa shape index (κ1) is 18.5. The van der Waals surface area contributed by atoms with Gasteiger partial charge in [0, 0.05) is 38.1 Å². The number of halogens is 1. The average molecular weight is 396 g/mol. The normalized spacial score (nSPS) is 17.3. The van der Waals surface area contributed by atoms with Crippen molar-refractivity contribution in [1.29, 1.82) is 0 Å². The monoisotopic (exact) mass is 395 g/mol. The van der Waals surface area contributed by atoms with Crippen molar-refractivity contribution in [2.24, 2.45) is 0 Å². The van der Waals surface area contributed by atoms with Crippen LogP contribution in [0.1, 0.15) is 12.0 Å². The van der Waals surface area contributed by atoms with E-state index in [0.717, 1.165) is 36.0 Å². The molecule has 138 valence electrons. The largest absolute Gasteiger partial charge is 0.297 e. The molecule has 1 saturated heterocycles. The van der Waals surface area contributed by atoms with E-state index in [9.17, 15) is 0 Å². The van der Waals surface area contributed by atoms with Crippen molar-refractivity contribution in [3.05, 3.63) is 83.6 Å². The predicted octanol–water partition coefficient (Wildman–Crippen LogP) is 5.27. The van der Waals surface area contributed by atoms with Crippen LogP contribution in [0.4, 0.5) is 0 Å². The maximum Gasteiger partial charge on any atom is 0.0597 e. The molecule has 0 spiro atoms. The third-order valence-corrected chi connectivity index (χ3v) is 6.25. The molecule has 5 heteroatoms. The maximum atomic E-state index is 6.19. The van der Waals surface area contributed by atoms with Crippen LogP contribution in [0.15, 0.2) is 78.0 Å². The minimum atomic E-state index is 0.467. The molecule has 2 aromatic carbocycles. The molecule has 3 nitrogen and oxygen atoms in total. The van der Waals surface area contributed by atoms with Crippen molar-refractivity contribution in [3.63, 3.8) is 0 Å². The molecule has 1 aromatic heterocycles. The van der Waals surface area contributed by atoms with E-state index in [2.05, 4.69) is 69.2 Å². The van der Waals surface area contributed by atoms with Gasteiger partial charge in [-0.25, -0.2) is 0 Å². The zero-order valence-corrected chi connectivity index (χ0v) is 16.6. The standard InChI is InChI=1S/C22H22ClN3S/c23-21-10-12-24-14-22(21)27-25-20-11-13-26(16-20)15-17-6-8-19(9-7-17)18-4-2-1-3-5-18/h1-10,12,14,20,25H,11,13,15-16H2. The number of hydrogen-bond acceptors (Lipinski definition) is 4. The number of rotatable bonds is 6. The summed E-state index contributed by atoms with van der Waals surface area (Å²) in [5, 5.41) is 0.746. The van der Waals surface area contributed by atoms with Crippen LogP contribution in [-0.4, -0.2) is 29.0 Å². The molecule has 0 radical (unpaired) electrons. The van der Waals surface area contributed by atoms with Gasteiger partial charge in [-0.2, -0.15) is 0 Å². The summed E-state index contributed by atoms with van der Waals surface area (Å²) in [5.74, 6) is 0. The fraction of sp³-hybridized carbons (Fsp3) is 0.227. The Hall–Kier alpha value is -1.85. The lowest BCUT2D eigenvalue weighted by Crippen LogP contribution is -2.28. The van der Waals surface area contributed by atoms with E-state index in [1.807, 2.05) is 6.07 Å². The average Bonchev–Trinajstić information content (AvgIpc) is 3.16. The number of pyridine rings is 1. The molecule has 1 N–H and O–H groups in total. The number of hydrogen-bond donors (Lipinski definition) is 1. The number of nitrogens with zero attached hydrogens (tertiary/aromatic N) is 2. The van der Waals surface area contributed by atoms with Crippen LogP contribution in [0, 0.1) is 0 Å². The van der Waals surface area contributed by atoms with Crippen LogP contribution < -0.4 is 4.72 Å². The van der Waals surface area contributed by atoms with Gasteiger partial charge in [0.15, 0.2) is 0 Å². The quantitative estimate of drug-likeness (QED) is 0.575. The van der Waals surface area contributed by atoms with Gasteiger partial charge in [-0.15, -0.1) is 0 Å². The first-order valence-electron chi connectivity index (χ1n) is 9.16. The molecule has 2 heterocycles. The molecule has 0 aliphatic carbocycles. The summed E-state index contributed by atoms with van der Waals surface area (Å²) in [6.45, 7) is 3.15. The highest BCUT2D eigenvalue weighted by Gasteiger charge is 2.22. The molecule has 1 unspecified atom stereocenters. The van der Waals surface area contributed by atoms with E-state index in [-0.39, 0.29) is 0 Å². The fourth-order valence-electron chi connectivity index (χ4n) is 3.35. The second-order valence-electron chi connectivity index (χ2n) is 6.81. The summed E-state index contributed by atoms with van der Waals surface area (Å²) in [6, 6.07) is 21.7. The second-order valence-corrected chi connectivity index (χ2v) is 8.10. The maximum absolute atomic E-state index is 6.19. The minimum absolute atomic E-state index is 0.467. The highest BCUT2D eigenvalue weighted by atomic mass is 35.5. The van der Waals surface area contributed by atoms with Crippen molar-refractivity contribution in [1.82, 2.24) is 14.6 Å². The Kier molecular flexibility index (Phi) is 6.10. The first-order chi connectivity index (χ1) is 13.3. The molecule has 27 heavy (non-hydrogen) atoms. The van der Waals surface area contributed by atoms with Crippen LogP contribution >= 0.6 is 23.5 Å². The molecule has 1 fully saturated rings. The molecule has 3 aromatic rings. The third-order valence-electron chi connectivity index (χ3n) is 4.81. The molecule has 4 rings (SSSR count). The minimum Gasteiger partial charge on any atom is -0.297 e. The Morgan fingerprint density at radius 3 is 2.59 bits per heavy atom. The van der Waals surface area contributed by atoms with Crippen molar-refractivity contribution >= 4 is 23.5 Å². The summed E-state index contributed by atoms with van der Waals surface area (Å²) < 4.78 is 3.54. The van der Waals surface area contributed by atoms with Gasteiger partial charge in [-0.1, -0.05) is 66.2 Å². The molecule has 0 amide bonds. The fourth-order valence-corrected chi connectivity index (χ4v) is 4.33. The number of aromatic nitrogens is 1. The van der Waals surface area contributed by atoms with E-state index >= 15 is 0 Å². The molecule has 1 aliphatic rings. The highest BCUT2D eigenvalue weighted by Crippen LogP contribution is 2.25. The number of benzene rings is 2. The van der Waals surface area contributed by atoms with Gasteiger partial charge in [0.2, 0.25) is 0 Å². The van der Waals surface area contributed by atoms with Crippen LogP contribution in [0.3, 0.4) is 0 Å². The Morgan fingerprint density at radius 2 is 1.81 bits per heavy atom. The Bertz CT molecular complexity index is 870. The second kappa shape index (κ2) is 8.89. The van der Waals surface area contributed by atoms with Crippen LogP contribution in [-0.2, 0) is 6.54 Å². The summed E-state index contributed by atoms with van der Waals surface area (Å²) >= 11 is 7.77. The molecule has 0 bridgehead atoms. The van der Waals surface area contributed by atoms with Crippen molar-refractivity contribution in [2.45, 2.75) is 23.9 Å². The SMILES string of the molecule is Clc1ccncc1SNC1CCN(Cc2ccc(-c3ccccc3)cc2)C1. The van der Waals surface area contributed by atoms with Crippen molar-refractivity contribution < 1.29 is 0 Å². The summed E-state index contributed by atoms with van der Waals surface area (Å²) in [7, 11) is 0. The molecular weight excluding hydrogens is 374 g/mol. The lowest BCUT2D eigenvalue weighted by molar-refractivity contribution is 0.325. The van der Waals surface area contributed by atoms with Crippen LogP contribution in [0.25, 0.3) is 11.1 Å². The van der Waals surface area contributed by atoms with Gasteiger partial charge < -0.3 is 0 Å². The van der Waals surface area contributed by atoms with Gasteiger partial charge in [-0.05, 0) is 41.1 Å². The van der Waals surface area contributed by atoms with E-state index in [0.29, 0.717) is 6.04 Å².